The van der Waals surface area contributed by atoms with E-state index in [-0.39, 0.29) is 6.61 Å². The van der Waals surface area contributed by atoms with Gasteiger partial charge in [0.15, 0.2) is 0 Å². The molecule has 1 aliphatic rings. The summed E-state index contributed by atoms with van der Waals surface area (Å²) in [6, 6.07) is 8.61. The molecule has 1 aliphatic carbocycles. The fraction of sp³-hybridized carbons (Fsp3) is 0.500. The predicted octanol–water partition coefficient (Wildman–Crippen LogP) is 2.07. The first kappa shape index (κ1) is 9.69. The van der Waals surface area contributed by atoms with Crippen molar-refractivity contribution in [2.24, 2.45) is 0 Å². The number of hydrogen-bond donors (Lipinski definition) is 1. The van der Waals surface area contributed by atoms with Crippen LogP contribution in [0, 0.1) is 0 Å². The largest absolute Gasteiger partial charge is 0.394 e. The third-order valence-corrected chi connectivity index (χ3v) is 2.53. The first-order chi connectivity index (χ1) is 6.90. The molecule has 0 bridgehead atoms. The molecule has 14 heavy (non-hydrogen) atoms. The summed E-state index contributed by atoms with van der Waals surface area (Å²) in [5, 5.41) is 8.54. The van der Waals surface area contributed by atoms with Gasteiger partial charge >= 0.3 is 0 Å². The maximum atomic E-state index is 8.54. The molecule has 1 saturated carbocycles. The lowest BCUT2D eigenvalue weighted by atomic mass is 10.1. The minimum atomic E-state index is 0.0974. The average molecular weight is 192 g/mol. The smallest absolute Gasteiger partial charge is 0.0718 e. The molecule has 0 aliphatic heterocycles. The van der Waals surface area contributed by atoms with E-state index in [1.807, 2.05) is 0 Å². The molecule has 0 amide bonds. The summed E-state index contributed by atoms with van der Waals surface area (Å²) in [7, 11) is 0. The number of aliphatic hydroxyl groups excluding tert-OH is 1. The molecule has 2 rings (SSSR count). The van der Waals surface area contributed by atoms with Crippen LogP contribution in [0.1, 0.15) is 29.9 Å². The third-order valence-electron chi connectivity index (χ3n) is 2.53. The van der Waals surface area contributed by atoms with Gasteiger partial charge in [-0.25, -0.2) is 0 Å². The van der Waals surface area contributed by atoms with Gasteiger partial charge in [0.05, 0.1) is 19.8 Å². The van der Waals surface area contributed by atoms with Crippen molar-refractivity contribution in [2.45, 2.75) is 25.4 Å². The molecule has 0 atom stereocenters. The van der Waals surface area contributed by atoms with Gasteiger partial charge in [-0.05, 0) is 29.9 Å². The van der Waals surface area contributed by atoms with Crippen molar-refractivity contribution in [1.82, 2.24) is 0 Å². The average Bonchev–Trinajstić information content (AvgIpc) is 3.03. The second-order valence-corrected chi connectivity index (χ2v) is 3.79. The van der Waals surface area contributed by atoms with Gasteiger partial charge in [0.1, 0.15) is 0 Å². The normalized spacial score (nSPS) is 15.8. The Bertz CT molecular complexity index is 275. The van der Waals surface area contributed by atoms with Gasteiger partial charge < -0.3 is 9.84 Å². The lowest BCUT2D eigenvalue weighted by molar-refractivity contribution is 0.0815. The monoisotopic (exact) mass is 192 g/mol. The molecular formula is C12H16O2. The molecule has 0 heterocycles. The van der Waals surface area contributed by atoms with Crippen LogP contribution in [0.4, 0.5) is 0 Å². The van der Waals surface area contributed by atoms with E-state index in [0.717, 1.165) is 5.92 Å². The highest BCUT2D eigenvalue weighted by Crippen LogP contribution is 2.39. The second-order valence-electron chi connectivity index (χ2n) is 3.79. The lowest BCUT2D eigenvalue weighted by Crippen LogP contribution is -1.99. The topological polar surface area (TPSA) is 29.5 Å². The zero-order chi connectivity index (χ0) is 9.80. The number of benzene rings is 1. The summed E-state index contributed by atoms with van der Waals surface area (Å²) in [5.41, 5.74) is 2.64. The van der Waals surface area contributed by atoms with E-state index in [1.54, 1.807) is 0 Å². The molecule has 1 aromatic rings. The van der Waals surface area contributed by atoms with E-state index >= 15 is 0 Å². The molecule has 2 nitrogen and oxygen atoms in total. The zero-order valence-corrected chi connectivity index (χ0v) is 8.28. The summed E-state index contributed by atoms with van der Waals surface area (Å²) < 4.78 is 5.23. The first-order valence-electron chi connectivity index (χ1n) is 5.17. The van der Waals surface area contributed by atoms with Crippen molar-refractivity contribution >= 4 is 0 Å². The van der Waals surface area contributed by atoms with Crippen LogP contribution in [-0.4, -0.2) is 18.3 Å². The number of rotatable bonds is 5. The Kier molecular flexibility index (Phi) is 3.17. The van der Waals surface area contributed by atoms with E-state index in [1.165, 1.54) is 24.0 Å². The Morgan fingerprint density at radius 1 is 1.21 bits per heavy atom. The quantitative estimate of drug-likeness (QED) is 0.724. The molecule has 0 saturated heterocycles. The Balaban J connectivity index is 1.86. The minimum Gasteiger partial charge on any atom is -0.394 e. The van der Waals surface area contributed by atoms with Gasteiger partial charge in [-0.15, -0.1) is 0 Å². The van der Waals surface area contributed by atoms with Crippen LogP contribution >= 0.6 is 0 Å². The molecule has 1 N–H and O–H groups in total. The maximum Gasteiger partial charge on any atom is 0.0718 e. The van der Waals surface area contributed by atoms with Crippen LogP contribution in [0.25, 0.3) is 0 Å². The third kappa shape index (κ3) is 2.56. The van der Waals surface area contributed by atoms with Crippen molar-refractivity contribution < 1.29 is 9.84 Å². The number of hydrogen-bond acceptors (Lipinski definition) is 2. The van der Waals surface area contributed by atoms with E-state index in [0.29, 0.717) is 13.2 Å². The summed E-state index contributed by atoms with van der Waals surface area (Å²) in [6.45, 7) is 1.12. The molecule has 1 aromatic carbocycles. The van der Waals surface area contributed by atoms with Gasteiger partial charge in [0, 0.05) is 0 Å². The van der Waals surface area contributed by atoms with Crippen LogP contribution in [0.15, 0.2) is 24.3 Å². The molecule has 1 fully saturated rings. The summed E-state index contributed by atoms with van der Waals surface area (Å²) >= 11 is 0. The SMILES string of the molecule is OCCOCc1ccc(C2CC2)cc1. The molecule has 76 valence electrons. The number of aliphatic hydroxyl groups is 1. The van der Waals surface area contributed by atoms with Crippen LogP contribution in [0.2, 0.25) is 0 Å². The summed E-state index contributed by atoms with van der Waals surface area (Å²) in [6.07, 6.45) is 2.70. The summed E-state index contributed by atoms with van der Waals surface area (Å²) in [4.78, 5) is 0. The molecule has 0 unspecified atom stereocenters. The highest BCUT2D eigenvalue weighted by atomic mass is 16.5. The lowest BCUT2D eigenvalue weighted by Gasteiger charge is -2.03. The van der Waals surface area contributed by atoms with Crippen LogP contribution in [0.5, 0.6) is 0 Å². The van der Waals surface area contributed by atoms with Crippen molar-refractivity contribution in [2.75, 3.05) is 13.2 Å². The molecular weight excluding hydrogens is 176 g/mol. The molecule has 0 aromatic heterocycles. The molecule has 0 spiro atoms. The second kappa shape index (κ2) is 4.58. The van der Waals surface area contributed by atoms with Crippen molar-refractivity contribution in [3.63, 3.8) is 0 Å². The molecule has 2 heteroatoms. The molecule has 0 radical (unpaired) electrons. The summed E-state index contributed by atoms with van der Waals surface area (Å²) in [5.74, 6) is 0.822. The van der Waals surface area contributed by atoms with Crippen molar-refractivity contribution in [3.05, 3.63) is 35.4 Å². The van der Waals surface area contributed by atoms with Crippen LogP contribution in [-0.2, 0) is 11.3 Å². The Morgan fingerprint density at radius 3 is 2.50 bits per heavy atom. The van der Waals surface area contributed by atoms with Crippen LogP contribution < -0.4 is 0 Å². The Labute approximate surface area is 84.5 Å². The van der Waals surface area contributed by atoms with Crippen molar-refractivity contribution in [3.8, 4) is 0 Å². The van der Waals surface area contributed by atoms with Gasteiger partial charge in [-0.1, -0.05) is 24.3 Å². The number of ether oxygens (including phenoxy) is 1. The van der Waals surface area contributed by atoms with Gasteiger partial charge in [0.2, 0.25) is 0 Å². The highest BCUT2D eigenvalue weighted by molar-refractivity contribution is 5.27. The van der Waals surface area contributed by atoms with Gasteiger partial charge in [-0.3, -0.25) is 0 Å². The fourth-order valence-corrected chi connectivity index (χ4v) is 1.56. The Hall–Kier alpha value is -0.860. The minimum absolute atomic E-state index is 0.0974. The first-order valence-corrected chi connectivity index (χ1v) is 5.17. The highest BCUT2D eigenvalue weighted by Gasteiger charge is 2.22. The van der Waals surface area contributed by atoms with E-state index in [4.69, 9.17) is 9.84 Å². The zero-order valence-electron chi connectivity index (χ0n) is 8.28. The van der Waals surface area contributed by atoms with Crippen molar-refractivity contribution in [1.29, 1.82) is 0 Å². The Morgan fingerprint density at radius 2 is 1.93 bits per heavy atom. The van der Waals surface area contributed by atoms with Gasteiger partial charge in [-0.2, -0.15) is 0 Å². The maximum absolute atomic E-state index is 8.54. The predicted molar refractivity (Wildman–Crippen MR) is 55.2 cm³/mol. The van der Waals surface area contributed by atoms with Crippen LogP contribution in [0.3, 0.4) is 0 Å². The standard InChI is InChI=1S/C12H16O2/c13-7-8-14-9-10-1-3-11(4-2-10)12-5-6-12/h1-4,12-13H,5-9H2. The van der Waals surface area contributed by atoms with E-state index in [9.17, 15) is 0 Å². The van der Waals surface area contributed by atoms with E-state index in [2.05, 4.69) is 24.3 Å². The van der Waals surface area contributed by atoms with E-state index < -0.39 is 0 Å². The fourth-order valence-electron chi connectivity index (χ4n) is 1.56. The van der Waals surface area contributed by atoms with Gasteiger partial charge in [0.25, 0.3) is 0 Å².